The molecule has 0 radical (unpaired) electrons. The van der Waals surface area contributed by atoms with E-state index in [0.29, 0.717) is 0 Å². The van der Waals surface area contributed by atoms with Gasteiger partial charge in [-0.3, -0.25) is 4.90 Å². The third-order valence-electron chi connectivity index (χ3n) is 6.26. The highest BCUT2D eigenvalue weighted by molar-refractivity contribution is 5.40. The summed E-state index contributed by atoms with van der Waals surface area (Å²) >= 11 is 0. The molecule has 2 aliphatic carbocycles. The Hall–Kier alpha value is -1.52. The fourth-order valence-corrected chi connectivity index (χ4v) is 4.81. The van der Waals surface area contributed by atoms with Gasteiger partial charge in [0.1, 0.15) is 11.5 Å². The minimum Gasteiger partial charge on any atom is -0.497 e. The number of benzene rings is 1. The van der Waals surface area contributed by atoms with Gasteiger partial charge >= 0.3 is 0 Å². The van der Waals surface area contributed by atoms with Crippen molar-refractivity contribution in [1.29, 1.82) is 0 Å². The van der Waals surface area contributed by atoms with Crippen LogP contribution in [0.2, 0.25) is 0 Å². The van der Waals surface area contributed by atoms with Crippen LogP contribution in [0.15, 0.2) is 30.4 Å². The summed E-state index contributed by atoms with van der Waals surface area (Å²) in [6.45, 7) is 6.87. The molecule has 1 aromatic carbocycles. The Kier molecular flexibility index (Phi) is 5.00. The Balaban J connectivity index is 1.29. The lowest BCUT2D eigenvalue weighted by Crippen LogP contribution is -2.47. The highest BCUT2D eigenvalue weighted by Gasteiger charge is 2.36. The van der Waals surface area contributed by atoms with Crippen molar-refractivity contribution in [3.63, 3.8) is 0 Å². The van der Waals surface area contributed by atoms with E-state index in [2.05, 4.69) is 28.0 Å². The average Bonchev–Trinajstić information content (AvgIpc) is 3.26. The molecule has 1 saturated carbocycles. The molecule has 1 heterocycles. The molecule has 2 fully saturated rings. The van der Waals surface area contributed by atoms with Crippen molar-refractivity contribution in [1.82, 2.24) is 9.80 Å². The van der Waals surface area contributed by atoms with Crippen molar-refractivity contribution in [2.75, 3.05) is 46.9 Å². The lowest BCUT2D eigenvalue weighted by Gasteiger charge is -2.37. The maximum absolute atomic E-state index is 5.53. The van der Waals surface area contributed by atoms with Crippen molar-refractivity contribution in [2.45, 2.75) is 19.4 Å². The van der Waals surface area contributed by atoms with Crippen LogP contribution >= 0.6 is 0 Å². The monoisotopic (exact) mass is 342 g/mol. The lowest BCUT2D eigenvalue weighted by molar-refractivity contribution is 0.108. The number of nitrogens with zero attached hydrogens (tertiary/aromatic N) is 2. The second-order valence-electron chi connectivity index (χ2n) is 7.79. The first-order valence-corrected chi connectivity index (χ1v) is 9.59. The van der Waals surface area contributed by atoms with Gasteiger partial charge in [0, 0.05) is 44.8 Å². The summed E-state index contributed by atoms with van der Waals surface area (Å²) in [5.74, 6) is 4.51. The minimum atomic E-state index is 0.865. The van der Waals surface area contributed by atoms with Gasteiger partial charge in [0.15, 0.2) is 0 Å². The average molecular weight is 342 g/mol. The van der Waals surface area contributed by atoms with E-state index in [1.54, 1.807) is 14.2 Å². The Bertz CT molecular complexity index is 622. The quantitative estimate of drug-likeness (QED) is 0.742. The van der Waals surface area contributed by atoms with Gasteiger partial charge in [0.2, 0.25) is 0 Å². The van der Waals surface area contributed by atoms with E-state index < -0.39 is 0 Å². The maximum Gasteiger partial charge on any atom is 0.123 e. The number of allylic oxidation sites excluding steroid dienone is 2. The number of hydrogen-bond acceptors (Lipinski definition) is 4. The van der Waals surface area contributed by atoms with Crippen LogP contribution in [0.4, 0.5) is 0 Å². The molecule has 4 nitrogen and oxygen atoms in total. The van der Waals surface area contributed by atoms with Crippen molar-refractivity contribution in [3.05, 3.63) is 35.9 Å². The topological polar surface area (TPSA) is 24.9 Å². The SMILES string of the molecule is COc1ccc(OC)c(CN2CCN(C[C@H]3C[C@@H]4C=C[C@H]3C4)CC2)c1. The van der Waals surface area contributed by atoms with Crippen LogP contribution in [0.1, 0.15) is 18.4 Å². The molecular weight excluding hydrogens is 312 g/mol. The molecular formula is C21H30N2O2. The molecule has 3 atom stereocenters. The Morgan fingerprint density at radius 1 is 0.960 bits per heavy atom. The number of rotatable bonds is 6. The van der Waals surface area contributed by atoms with E-state index in [9.17, 15) is 0 Å². The zero-order valence-corrected chi connectivity index (χ0v) is 15.5. The summed E-state index contributed by atoms with van der Waals surface area (Å²) in [4.78, 5) is 5.22. The van der Waals surface area contributed by atoms with Crippen molar-refractivity contribution >= 4 is 0 Å². The van der Waals surface area contributed by atoms with Crippen LogP contribution in [0.3, 0.4) is 0 Å². The highest BCUT2D eigenvalue weighted by Crippen LogP contribution is 2.43. The van der Waals surface area contributed by atoms with Gasteiger partial charge in [0.25, 0.3) is 0 Å². The molecule has 1 saturated heterocycles. The van der Waals surface area contributed by atoms with Crippen LogP contribution < -0.4 is 9.47 Å². The molecule has 1 aliphatic heterocycles. The predicted molar refractivity (Wildman–Crippen MR) is 100 cm³/mol. The van der Waals surface area contributed by atoms with Crippen LogP contribution in [0.5, 0.6) is 11.5 Å². The van der Waals surface area contributed by atoms with Crippen LogP contribution in [-0.2, 0) is 6.54 Å². The third-order valence-corrected chi connectivity index (χ3v) is 6.26. The largest absolute Gasteiger partial charge is 0.497 e. The first-order chi connectivity index (χ1) is 12.2. The lowest BCUT2D eigenvalue weighted by atomic mass is 9.93. The van der Waals surface area contributed by atoms with Crippen molar-refractivity contribution in [3.8, 4) is 11.5 Å². The van der Waals surface area contributed by atoms with Gasteiger partial charge in [0.05, 0.1) is 14.2 Å². The summed E-state index contributed by atoms with van der Waals surface area (Å²) in [6, 6.07) is 6.07. The second-order valence-corrected chi connectivity index (χ2v) is 7.79. The summed E-state index contributed by atoms with van der Waals surface area (Å²) in [6.07, 6.45) is 7.76. The number of fused-ring (bicyclic) bond motifs is 2. The fraction of sp³-hybridized carbons (Fsp3) is 0.619. The summed E-state index contributed by atoms with van der Waals surface area (Å²) in [5.41, 5.74) is 1.22. The summed E-state index contributed by atoms with van der Waals surface area (Å²) < 4.78 is 10.9. The number of piperazine rings is 1. The van der Waals surface area contributed by atoms with E-state index in [4.69, 9.17) is 9.47 Å². The number of hydrogen-bond donors (Lipinski definition) is 0. The standard InChI is InChI=1S/C21H30N2O2/c1-24-20-5-6-21(25-2)19(13-20)15-23-9-7-22(8-10-23)14-18-12-16-3-4-17(18)11-16/h3-6,13,16-18H,7-12,14-15H2,1-2H3/t16-,17+,18-/m1/s1. The van der Waals surface area contributed by atoms with E-state index in [-0.39, 0.29) is 0 Å². The van der Waals surface area contributed by atoms with Gasteiger partial charge in [-0.25, -0.2) is 0 Å². The van der Waals surface area contributed by atoms with Gasteiger partial charge in [-0.2, -0.15) is 0 Å². The first kappa shape index (κ1) is 16.9. The van der Waals surface area contributed by atoms with Crippen molar-refractivity contribution in [2.24, 2.45) is 17.8 Å². The summed E-state index contributed by atoms with van der Waals surface area (Å²) in [5, 5.41) is 0. The molecule has 3 aliphatic rings. The van der Waals surface area contributed by atoms with E-state index in [0.717, 1.165) is 48.9 Å². The van der Waals surface area contributed by atoms with Gasteiger partial charge < -0.3 is 14.4 Å². The van der Waals surface area contributed by atoms with E-state index in [1.165, 1.54) is 38.0 Å². The predicted octanol–water partition coefficient (Wildman–Crippen LogP) is 3.03. The fourth-order valence-electron chi connectivity index (χ4n) is 4.81. The van der Waals surface area contributed by atoms with Crippen molar-refractivity contribution < 1.29 is 9.47 Å². The zero-order chi connectivity index (χ0) is 17.2. The number of methoxy groups -OCH3 is 2. The molecule has 4 rings (SSSR count). The van der Waals surface area contributed by atoms with E-state index in [1.807, 2.05) is 12.1 Å². The molecule has 136 valence electrons. The summed E-state index contributed by atoms with van der Waals surface area (Å²) in [7, 11) is 3.46. The van der Waals surface area contributed by atoms with E-state index >= 15 is 0 Å². The molecule has 0 aromatic heterocycles. The zero-order valence-electron chi connectivity index (χ0n) is 15.5. The smallest absolute Gasteiger partial charge is 0.123 e. The van der Waals surface area contributed by atoms with Crippen LogP contribution in [-0.4, -0.2) is 56.7 Å². The van der Waals surface area contributed by atoms with Gasteiger partial charge in [-0.05, 0) is 48.8 Å². The molecule has 1 aromatic rings. The molecule has 2 bridgehead atoms. The third kappa shape index (κ3) is 3.70. The molecule has 4 heteroatoms. The van der Waals surface area contributed by atoms with Crippen LogP contribution in [0.25, 0.3) is 0 Å². The molecule has 0 spiro atoms. The normalized spacial score (nSPS) is 29.3. The molecule has 0 unspecified atom stereocenters. The van der Waals surface area contributed by atoms with Gasteiger partial charge in [-0.15, -0.1) is 0 Å². The van der Waals surface area contributed by atoms with Gasteiger partial charge in [-0.1, -0.05) is 12.2 Å². The first-order valence-electron chi connectivity index (χ1n) is 9.59. The Morgan fingerprint density at radius 2 is 1.76 bits per heavy atom. The minimum absolute atomic E-state index is 0.865. The maximum atomic E-state index is 5.53. The molecule has 0 amide bonds. The highest BCUT2D eigenvalue weighted by atomic mass is 16.5. The Labute approximate surface area is 151 Å². The van der Waals surface area contributed by atoms with Crippen LogP contribution in [0, 0.1) is 17.8 Å². The Morgan fingerprint density at radius 3 is 2.40 bits per heavy atom. The number of ether oxygens (including phenoxy) is 2. The molecule has 0 N–H and O–H groups in total. The second kappa shape index (κ2) is 7.38. The molecule has 25 heavy (non-hydrogen) atoms.